The molecular formula is C12H19N3O3S. The third kappa shape index (κ3) is 3.16. The minimum absolute atomic E-state index is 0.223. The van der Waals surface area contributed by atoms with Crippen molar-refractivity contribution in [1.29, 1.82) is 0 Å². The summed E-state index contributed by atoms with van der Waals surface area (Å²) in [5.41, 5.74) is 6.33. The topological polar surface area (TPSA) is 86.5 Å². The number of carbonyl (C=O) groups is 1. The number of aromatic nitrogens is 1. The van der Waals surface area contributed by atoms with Crippen LogP contribution in [0.25, 0.3) is 0 Å². The van der Waals surface area contributed by atoms with Gasteiger partial charge in [0.1, 0.15) is 10.6 Å². The second-order valence-electron chi connectivity index (χ2n) is 4.86. The minimum Gasteiger partial charge on any atom is -0.465 e. The van der Waals surface area contributed by atoms with Gasteiger partial charge in [-0.15, -0.1) is 0 Å². The Balaban J connectivity index is 1.98. The number of methoxy groups -OCH3 is 2. The van der Waals surface area contributed by atoms with Gasteiger partial charge in [-0.3, -0.25) is 0 Å². The molecule has 0 atom stereocenters. The van der Waals surface area contributed by atoms with Crippen LogP contribution in [0.3, 0.4) is 0 Å². The van der Waals surface area contributed by atoms with Crippen LogP contribution in [-0.2, 0) is 9.47 Å². The number of anilines is 2. The molecule has 6 nitrogen and oxygen atoms in total. The van der Waals surface area contributed by atoms with Gasteiger partial charge in [0.2, 0.25) is 0 Å². The molecule has 2 rings (SSSR count). The summed E-state index contributed by atoms with van der Waals surface area (Å²) in [4.78, 5) is 11.6. The van der Waals surface area contributed by atoms with Crippen molar-refractivity contribution in [1.82, 2.24) is 4.37 Å². The molecule has 3 N–H and O–H groups in total. The van der Waals surface area contributed by atoms with Gasteiger partial charge in [0.15, 0.2) is 5.82 Å². The van der Waals surface area contributed by atoms with Crippen LogP contribution >= 0.6 is 11.5 Å². The average Bonchev–Trinajstić information content (AvgIpc) is 3.10. The number of hydrogen-bond donors (Lipinski definition) is 2. The average molecular weight is 285 g/mol. The number of esters is 1. The van der Waals surface area contributed by atoms with Crippen molar-refractivity contribution >= 4 is 28.3 Å². The molecule has 1 aromatic heterocycles. The lowest BCUT2D eigenvalue weighted by molar-refractivity contribution is 0.0603. The Kier molecular flexibility index (Phi) is 4.26. The van der Waals surface area contributed by atoms with Crippen molar-refractivity contribution in [2.24, 2.45) is 5.41 Å². The fourth-order valence-corrected chi connectivity index (χ4v) is 2.70. The van der Waals surface area contributed by atoms with Crippen LogP contribution in [0.4, 0.5) is 10.8 Å². The van der Waals surface area contributed by atoms with E-state index in [0.717, 1.165) is 19.6 Å². The van der Waals surface area contributed by atoms with Crippen LogP contribution in [0.1, 0.15) is 29.6 Å². The second-order valence-corrected chi connectivity index (χ2v) is 5.63. The molecule has 0 saturated heterocycles. The maximum atomic E-state index is 11.6. The van der Waals surface area contributed by atoms with E-state index in [1.54, 1.807) is 7.11 Å². The number of hydrogen-bond acceptors (Lipinski definition) is 7. The molecule has 7 heteroatoms. The van der Waals surface area contributed by atoms with Crippen LogP contribution in [-0.4, -0.2) is 37.7 Å². The quantitative estimate of drug-likeness (QED) is 0.742. The number of nitrogens with one attached hydrogen (secondary N) is 1. The molecule has 0 radical (unpaired) electrons. The number of carbonyl (C=O) groups excluding carboxylic acids is 1. The highest BCUT2D eigenvalue weighted by molar-refractivity contribution is 7.11. The summed E-state index contributed by atoms with van der Waals surface area (Å²) in [6, 6.07) is 0. The van der Waals surface area contributed by atoms with Crippen molar-refractivity contribution < 1.29 is 14.3 Å². The molecule has 1 aliphatic carbocycles. The van der Waals surface area contributed by atoms with Crippen LogP contribution in [0.2, 0.25) is 0 Å². The molecule has 1 aromatic rings. The van der Waals surface area contributed by atoms with Gasteiger partial charge in [-0.2, -0.15) is 4.37 Å². The SMILES string of the molecule is COCCC1(CNc2snc(N)c2C(=O)OC)CC1. The largest absolute Gasteiger partial charge is 0.465 e. The molecular weight excluding hydrogens is 266 g/mol. The van der Waals surface area contributed by atoms with Crippen molar-refractivity contribution in [2.75, 3.05) is 38.4 Å². The van der Waals surface area contributed by atoms with Crippen LogP contribution in [0.15, 0.2) is 0 Å². The molecule has 0 unspecified atom stereocenters. The van der Waals surface area contributed by atoms with E-state index in [1.165, 1.54) is 31.5 Å². The van der Waals surface area contributed by atoms with Crippen LogP contribution in [0, 0.1) is 5.41 Å². The Morgan fingerprint density at radius 1 is 1.53 bits per heavy atom. The summed E-state index contributed by atoms with van der Waals surface area (Å²) in [7, 11) is 3.05. The third-order valence-corrected chi connectivity index (χ3v) is 4.34. The number of rotatable bonds is 7. The molecule has 19 heavy (non-hydrogen) atoms. The number of nitrogen functional groups attached to an aromatic ring is 1. The summed E-state index contributed by atoms with van der Waals surface area (Å²) < 4.78 is 13.8. The van der Waals surface area contributed by atoms with Crippen molar-refractivity contribution in [3.63, 3.8) is 0 Å². The highest BCUT2D eigenvalue weighted by Crippen LogP contribution is 2.49. The molecule has 1 fully saturated rings. The van der Waals surface area contributed by atoms with Crippen LogP contribution in [0.5, 0.6) is 0 Å². The van der Waals surface area contributed by atoms with Gasteiger partial charge in [0, 0.05) is 20.3 Å². The fraction of sp³-hybridized carbons (Fsp3) is 0.667. The summed E-state index contributed by atoms with van der Waals surface area (Å²) in [6.07, 6.45) is 3.40. The predicted molar refractivity (Wildman–Crippen MR) is 74.5 cm³/mol. The van der Waals surface area contributed by atoms with E-state index >= 15 is 0 Å². The molecule has 1 heterocycles. The zero-order valence-corrected chi connectivity index (χ0v) is 12.0. The van der Waals surface area contributed by atoms with Gasteiger partial charge < -0.3 is 20.5 Å². The summed E-state index contributed by atoms with van der Waals surface area (Å²) in [6.45, 7) is 1.57. The van der Waals surface area contributed by atoms with Crippen molar-refractivity contribution in [2.45, 2.75) is 19.3 Å². The Labute approximate surface area is 116 Å². The lowest BCUT2D eigenvalue weighted by Gasteiger charge is -2.15. The van der Waals surface area contributed by atoms with E-state index in [4.69, 9.17) is 15.2 Å². The third-order valence-electron chi connectivity index (χ3n) is 3.53. The summed E-state index contributed by atoms with van der Waals surface area (Å²) >= 11 is 1.19. The molecule has 0 aliphatic heterocycles. The summed E-state index contributed by atoms with van der Waals surface area (Å²) in [5, 5.41) is 3.97. The van der Waals surface area contributed by atoms with E-state index in [0.29, 0.717) is 16.0 Å². The van der Waals surface area contributed by atoms with Gasteiger partial charge in [-0.25, -0.2) is 4.79 Å². The second kappa shape index (κ2) is 5.75. The predicted octanol–water partition coefficient (Wildman–Crippen LogP) is 1.74. The van der Waals surface area contributed by atoms with Gasteiger partial charge in [-0.05, 0) is 36.2 Å². The fourth-order valence-electron chi connectivity index (χ4n) is 2.00. The van der Waals surface area contributed by atoms with E-state index in [1.807, 2.05) is 0 Å². The van der Waals surface area contributed by atoms with E-state index < -0.39 is 5.97 Å². The summed E-state index contributed by atoms with van der Waals surface area (Å²) in [5.74, 6) is -0.225. The normalized spacial score (nSPS) is 16.1. The number of nitrogens with two attached hydrogens (primary N) is 1. The zero-order valence-electron chi connectivity index (χ0n) is 11.2. The first-order chi connectivity index (χ1) is 9.12. The first-order valence-electron chi connectivity index (χ1n) is 6.18. The monoisotopic (exact) mass is 285 g/mol. The number of ether oxygens (including phenoxy) is 2. The van der Waals surface area contributed by atoms with Gasteiger partial charge in [-0.1, -0.05) is 0 Å². The molecule has 0 amide bonds. The van der Waals surface area contributed by atoms with Crippen molar-refractivity contribution in [3.05, 3.63) is 5.56 Å². The first-order valence-corrected chi connectivity index (χ1v) is 6.95. The molecule has 106 valence electrons. The van der Waals surface area contributed by atoms with Gasteiger partial charge in [0.05, 0.1) is 7.11 Å². The smallest absolute Gasteiger partial charge is 0.344 e. The maximum absolute atomic E-state index is 11.6. The van der Waals surface area contributed by atoms with E-state index in [-0.39, 0.29) is 5.82 Å². The van der Waals surface area contributed by atoms with Crippen molar-refractivity contribution in [3.8, 4) is 0 Å². The highest BCUT2D eigenvalue weighted by Gasteiger charge is 2.42. The van der Waals surface area contributed by atoms with E-state index in [9.17, 15) is 4.79 Å². The minimum atomic E-state index is -0.449. The number of nitrogens with zero attached hydrogens (tertiary/aromatic N) is 1. The zero-order chi connectivity index (χ0) is 13.9. The molecule has 1 aliphatic rings. The van der Waals surface area contributed by atoms with Crippen LogP contribution < -0.4 is 11.1 Å². The first kappa shape index (κ1) is 14.1. The molecule has 0 bridgehead atoms. The Bertz CT molecular complexity index is 457. The Morgan fingerprint density at radius 3 is 2.84 bits per heavy atom. The standard InChI is InChI=1S/C12H19N3O3S/c1-17-6-5-12(3-4-12)7-14-10-8(11(16)18-2)9(13)15-19-10/h14H,3-7H2,1-2H3,(H2,13,15). The molecule has 0 aromatic carbocycles. The Morgan fingerprint density at radius 2 is 2.26 bits per heavy atom. The van der Waals surface area contributed by atoms with E-state index in [2.05, 4.69) is 9.69 Å². The molecule has 1 saturated carbocycles. The molecule has 0 spiro atoms. The maximum Gasteiger partial charge on any atom is 0.344 e. The Hall–Kier alpha value is -1.34. The lowest BCUT2D eigenvalue weighted by Crippen LogP contribution is -2.18. The highest BCUT2D eigenvalue weighted by atomic mass is 32.1. The lowest BCUT2D eigenvalue weighted by atomic mass is 10.0. The van der Waals surface area contributed by atoms with Gasteiger partial charge >= 0.3 is 5.97 Å². The van der Waals surface area contributed by atoms with Gasteiger partial charge in [0.25, 0.3) is 0 Å².